The minimum atomic E-state index is 0.984. The van der Waals surface area contributed by atoms with Gasteiger partial charge in [0.2, 0.25) is 0 Å². The second-order valence-electron chi connectivity index (χ2n) is 2.64. The summed E-state index contributed by atoms with van der Waals surface area (Å²) in [5.41, 5.74) is 0. The lowest BCUT2D eigenvalue weighted by Crippen LogP contribution is -2.22. The highest BCUT2D eigenvalue weighted by Crippen LogP contribution is 2.08. The Bertz CT molecular complexity index is 184. The summed E-state index contributed by atoms with van der Waals surface area (Å²) in [6, 6.07) is 0. The average molecular weight is 150 g/mol. The SMILES string of the molecule is C=C1N(C)C=CC/C=C\N1C. The fourth-order valence-corrected chi connectivity index (χ4v) is 0.937. The Morgan fingerprint density at radius 1 is 1.18 bits per heavy atom. The standard InChI is InChI=1S/C9H14N2/c1-9-10(2)7-5-4-6-8-11(9)3/h5-8H,1,4H2,2-3H3/b7-5-,8-6?. The maximum absolute atomic E-state index is 3.93. The predicted molar refractivity (Wildman–Crippen MR) is 47.6 cm³/mol. The van der Waals surface area contributed by atoms with Crippen molar-refractivity contribution < 1.29 is 0 Å². The van der Waals surface area contributed by atoms with Crippen molar-refractivity contribution in [2.24, 2.45) is 0 Å². The monoisotopic (exact) mass is 150 g/mol. The van der Waals surface area contributed by atoms with Crippen molar-refractivity contribution in [2.45, 2.75) is 6.42 Å². The first kappa shape index (κ1) is 7.92. The van der Waals surface area contributed by atoms with Gasteiger partial charge in [0.05, 0.1) is 0 Å². The molecule has 1 aliphatic heterocycles. The van der Waals surface area contributed by atoms with Crippen molar-refractivity contribution in [2.75, 3.05) is 14.1 Å². The highest BCUT2D eigenvalue weighted by Gasteiger charge is 2.02. The van der Waals surface area contributed by atoms with Crippen molar-refractivity contribution in [3.05, 3.63) is 37.0 Å². The van der Waals surface area contributed by atoms with Crippen LogP contribution in [0.25, 0.3) is 0 Å². The van der Waals surface area contributed by atoms with Crippen LogP contribution in [0.15, 0.2) is 37.0 Å². The normalized spacial score (nSPS) is 21.5. The molecule has 1 rings (SSSR count). The molecular formula is C9H14N2. The molecule has 0 unspecified atom stereocenters. The van der Waals surface area contributed by atoms with Crippen molar-refractivity contribution in [3.8, 4) is 0 Å². The average Bonchev–Trinajstić information content (AvgIpc) is 2.00. The molecule has 0 amide bonds. The van der Waals surface area contributed by atoms with E-state index < -0.39 is 0 Å². The van der Waals surface area contributed by atoms with Gasteiger partial charge in [0.15, 0.2) is 0 Å². The van der Waals surface area contributed by atoms with Gasteiger partial charge in [0.25, 0.3) is 0 Å². The zero-order valence-corrected chi connectivity index (χ0v) is 7.12. The quantitative estimate of drug-likeness (QED) is 0.519. The first-order chi connectivity index (χ1) is 5.22. The molecule has 2 nitrogen and oxygen atoms in total. The smallest absolute Gasteiger partial charge is 0.104 e. The van der Waals surface area contributed by atoms with Gasteiger partial charge in [0.1, 0.15) is 5.82 Å². The van der Waals surface area contributed by atoms with Crippen LogP contribution in [0, 0.1) is 0 Å². The Morgan fingerprint density at radius 2 is 1.64 bits per heavy atom. The summed E-state index contributed by atoms with van der Waals surface area (Å²) in [7, 11) is 3.99. The Hall–Kier alpha value is -1.18. The third-order valence-electron chi connectivity index (χ3n) is 1.74. The lowest BCUT2D eigenvalue weighted by molar-refractivity contribution is 0.394. The largest absolute Gasteiger partial charge is 0.338 e. The van der Waals surface area contributed by atoms with Gasteiger partial charge in [-0.1, -0.05) is 18.7 Å². The zero-order valence-electron chi connectivity index (χ0n) is 7.12. The van der Waals surface area contributed by atoms with Crippen LogP contribution in [-0.2, 0) is 0 Å². The number of rotatable bonds is 0. The van der Waals surface area contributed by atoms with E-state index in [2.05, 4.69) is 18.7 Å². The first-order valence-corrected chi connectivity index (χ1v) is 3.69. The number of allylic oxidation sites excluding steroid dienone is 2. The zero-order chi connectivity index (χ0) is 8.27. The van der Waals surface area contributed by atoms with Crippen molar-refractivity contribution in [1.82, 2.24) is 9.80 Å². The summed E-state index contributed by atoms with van der Waals surface area (Å²) in [5.74, 6) is 0.984. The second-order valence-corrected chi connectivity index (χ2v) is 2.64. The van der Waals surface area contributed by atoms with E-state index in [4.69, 9.17) is 0 Å². The van der Waals surface area contributed by atoms with Crippen LogP contribution in [0.1, 0.15) is 6.42 Å². The highest BCUT2D eigenvalue weighted by atomic mass is 15.3. The van der Waals surface area contributed by atoms with E-state index >= 15 is 0 Å². The summed E-state index contributed by atoms with van der Waals surface area (Å²) < 4.78 is 0. The maximum Gasteiger partial charge on any atom is 0.104 e. The van der Waals surface area contributed by atoms with E-state index in [1.807, 2.05) is 36.3 Å². The molecule has 0 saturated carbocycles. The van der Waals surface area contributed by atoms with Crippen LogP contribution < -0.4 is 0 Å². The van der Waals surface area contributed by atoms with E-state index in [1.54, 1.807) is 0 Å². The first-order valence-electron chi connectivity index (χ1n) is 3.69. The molecule has 0 aromatic heterocycles. The van der Waals surface area contributed by atoms with Crippen LogP contribution in [-0.4, -0.2) is 23.9 Å². The molecule has 60 valence electrons. The van der Waals surface area contributed by atoms with E-state index in [9.17, 15) is 0 Å². The summed E-state index contributed by atoms with van der Waals surface area (Å²) >= 11 is 0. The second kappa shape index (κ2) is 3.28. The van der Waals surface area contributed by atoms with E-state index in [1.165, 1.54) is 0 Å². The van der Waals surface area contributed by atoms with Crippen molar-refractivity contribution in [1.29, 1.82) is 0 Å². The van der Waals surface area contributed by atoms with Gasteiger partial charge in [-0.2, -0.15) is 0 Å². The van der Waals surface area contributed by atoms with Crippen LogP contribution in [0.3, 0.4) is 0 Å². The maximum atomic E-state index is 3.93. The van der Waals surface area contributed by atoms with Crippen molar-refractivity contribution in [3.63, 3.8) is 0 Å². The van der Waals surface area contributed by atoms with E-state index in [0.29, 0.717) is 0 Å². The Labute approximate surface area is 68.1 Å². The van der Waals surface area contributed by atoms with Crippen LogP contribution >= 0.6 is 0 Å². The molecule has 1 heterocycles. The van der Waals surface area contributed by atoms with Crippen LogP contribution in [0.5, 0.6) is 0 Å². The molecule has 0 aliphatic carbocycles. The third kappa shape index (κ3) is 1.87. The van der Waals surface area contributed by atoms with E-state index in [0.717, 1.165) is 12.2 Å². The number of nitrogens with zero attached hydrogens (tertiary/aromatic N) is 2. The Morgan fingerprint density at radius 3 is 2.09 bits per heavy atom. The lowest BCUT2D eigenvalue weighted by atomic mass is 10.3. The van der Waals surface area contributed by atoms with Gasteiger partial charge >= 0.3 is 0 Å². The highest BCUT2D eigenvalue weighted by molar-refractivity contribution is 5.06. The molecule has 11 heavy (non-hydrogen) atoms. The third-order valence-corrected chi connectivity index (χ3v) is 1.74. The minimum absolute atomic E-state index is 0.984. The predicted octanol–water partition coefficient (Wildman–Crippen LogP) is 1.75. The summed E-state index contributed by atoms with van der Waals surface area (Å²) in [4.78, 5) is 4.01. The molecular weight excluding hydrogens is 136 g/mol. The molecule has 0 aromatic carbocycles. The van der Waals surface area contributed by atoms with Gasteiger partial charge in [-0.25, -0.2) is 0 Å². The molecule has 0 saturated heterocycles. The minimum Gasteiger partial charge on any atom is -0.338 e. The molecule has 2 heteroatoms. The molecule has 0 radical (unpaired) electrons. The summed E-state index contributed by atoms with van der Waals surface area (Å²) in [6.07, 6.45) is 9.26. The molecule has 1 aliphatic rings. The summed E-state index contributed by atoms with van der Waals surface area (Å²) in [5, 5.41) is 0. The molecule has 0 aromatic rings. The fraction of sp³-hybridized carbons (Fsp3) is 0.333. The topological polar surface area (TPSA) is 6.48 Å². The van der Waals surface area contributed by atoms with Crippen LogP contribution in [0.4, 0.5) is 0 Å². The molecule has 0 N–H and O–H groups in total. The van der Waals surface area contributed by atoms with Crippen molar-refractivity contribution >= 4 is 0 Å². The van der Waals surface area contributed by atoms with Crippen LogP contribution in [0.2, 0.25) is 0 Å². The van der Waals surface area contributed by atoms with Gasteiger partial charge < -0.3 is 9.80 Å². The van der Waals surface area contributed by atoms with Gasteiger partial charge in [-0.15, -0.1) is 0 Å². The molecule has 0 bridgehead atoms. The number of hydrogen-bond acceptors (Lipinski definition) is 2. The van der Waals surface area contributed by atoms with Gasteiger partial charge in [0, 0.05) is 26.5 Å². The van der Waals surface area contributed by atoms with Gasteiger partial charge in [-0.05, 0) is 6.42 Å². The number of hydrogen-bond donors (Lipinski definition) is 0. The van der Waals surface area contributed by atoms with E-state index in [-0.39, 0.29) is 0 Å². The lowest BCUT2D eigenvalue weighted by Gasteiger charge is -2.25. The Kier molecular flexibility index (Phi) is 2.36. The Balaban J connectivity index is 2.75. The van der Waals surface area contributed by atoms with Gasteiger partial charge in [-0.3, -0.25) is 0 Å². The fourth-order valence-electron chi connectivity index (χ4n) is 0.937. The molecule has 0 fully saturated rings. The summed E-state index contributed by atoms with van der Waals surface area (Å²) in [6.45, 7) is 3.93. The molecule has 0 atom stereocenters. The molecule has 0 spiro atoms.